The lowest BCUT2D eigenvalue weighted by Gasteiger charge is -2.17. The maximum absolute atomic E-state index is 12.5. The number of nitrogens with one attached hydrogen (secondary N) is 2. The van der Waals surface area contributed by atoms with Gasteiger partial charge in [0.2, 0.25) is 17.7 Å². The Labute approximate surface area is 177 Å². The second kappa shape index (κ2) is 9.57. The molecule has 6 nitrogen and oxygen atoms in total. The van der Waals surface area contributed by atoms with Crippen LogP contribution in [0, 0.1) is 26.7 Å². The second-order valence-electron chi connectivity index (χ2n) is 8.02. The minimum Gasteiger partial charge on any atom is -0.347 e. The maximum Gasteiger partial charge on any atom is 0.243 e. The summed E-state index contributed by atoms with van der Waals surface area (Å²) < 4.78 is 0. The largest absolute Gasteiger partial charge is 0.347 e. The maximum atomic E-state index is 12.5. The van der Waals surface area contributed by atoms with E-state index in [0.29, 0.717) is 13.1 Å². The lowest BCUT2D eigenvalue weighted by molar-refractivity contribution is -0.129. The molecule has 1 unspecified atom stereocenters. The molecule has 1 fully saturated rings. The van der Waals surface area contributed by atoms with Crippen molar-refractivity contribution in [2.45, 2.75) is 33.6 Å². The summed E-state index contributed by atoms with van der Waals surface area (Å²) in [5.74, 6) is -0.952. The molecule has 3 rings (SSSR count). The smallest absolute Gasteiger partial charge is 0.243 e. The molecule has 6 heteroatoms. The predicted octanol–water partition coefficient (Wildman–Crippen LogP) is 2.76. The molecule has 0 spiro atoms. The number of anilines is 1. The molecule has 0 bridgehead atoms. The summed E-state index contributed by atoms with van der Waals surface area (Å²) in [7, 11) is 0. The van der Waals surface area contributed by atoms with Gasteiger partial charge in [-0.3, -0.25) is 14.4 Å². The molecule has 0 saturated carbocycles. The zero-order valence-electron chi connectivity index (χ0n) is 17.8. The van der Waals surface area contributed by atoms with Gasteiger partial charge in [0.25, 0.3) is 0 Å². The molecule has 2 aromatic rings. The van der Waals surface area contributed by atoms with Crippen molar-refractivity contribution in [1.82, 2.24) is 10.2 Å². The zero-order chi connectivity index (χ0) is 21.7. The normalized spacial score (nSPS) is 15.9. The Bertz CT molecular complexity index is 917. The Balaban J connectivity index is 1.47. The van der Waals surface area contributed by atoms with E-state index in [2.05, 4.69) is 10.6 Å². The van der Waals surface area contributed by atoms with E-state index in [-0.39, 0.29) is 30.7 Å². The first-order chi connectivity index (χ1) is 14.3. The molecule has 1 aliphatic rings. The van der Waals surface area contributed by atoms with Crippen LogP contribution in [-0.2, 0) is 20.8 Å². The number of hydrogen-bond donors (Lipinski definition) is 2. The third kappa shape index (κ3) is 5.47. The van der Waals surface area contributed by atoms with Gasteiger partial charge >= 0.3 is 0 Å². The van der Waals surface area contributed by atoms with Crippen molar-refractivity contribution in [1.29, 1.82) is 0 Å². The first-order valence-corrected chi connectivity index (χ1v) is 10.3. The highest BCUT2D eigenvalue weighted by Gasteiger charge is 2.34. The summed E-state index contributed by atoms with van der Waals surface area (Å²) in [6.07, 6.45) is 0.955. The molecule has 1 heterocycles. The van der Waals surface area contributed by atoms with E-state index in [4.69, 9.17) is 0 Å². The van der Waals surface area contributed by atoms with Gasteiger partial charge in [-0.25, -0.2) is 0 Å². The highest BCUT2D eigenvalue weighted by molar-refractivity contribution is 5.97. The molecule has 158 valence electrons. The number of amides is 3. The first-order valence-electron chi connectivity index (χ1n) is 10.3. The van der Waals surface area contributed by atoms with E-state index in [0.717, 1.165) is 34.4 Å². The molecule has 2 aromatic carbocycles. The van der Waals surface area contributed by atoms with Crippen molar-refractivity contribution in [3.8, 4) is 0 Å². The van der Waals surface area contributed by atoms with Crippen LogP contribution in [0.5, 0.6) is 0 Å². The van der Waals surface area contributed by atoms with Gasteiger partial charge in [-0.05, 0) is 43.9 Å². The van der Waals surface area contributed by atoms with E-state index in [9.17, 15) is 14.4 Å². The number of carbonyl (C=O) groups is 3. The molecule has 1 saturated heterocycles. The van der Waals surface area contributed by atoms with E-state index < -0.39 is 5.92 Å². The van der Waals surface area contributed by atoms with Crippen molar-refractivity contribution in [2.24, 2.45) is 5.92 Å². The summed E-state index contributed by atoms with van der Waals surface area (Å²) in [6.45, 7) is 6.79. The number of hydrogen-bond acceptors (Lipinski definition) is 3. The third-order valence-corrected chi connectivity index (χ3v) is 5.46. The zero-order valence-corrected chi connectivity index (χ0v) is 17.8. The van der Waals surface area contributed by atoms with E-state index in [1.54, 1.807) is 4.90 Å². The fourth-order valence-electron chi connectivity index (χ4n) is 3.95. The number of rotatable bonds is 7. The SMILES string of the molecule is Cc1cc(C)c(NC(=O)CNC(=O)C2CC(=O)N(CCc3ccccc3)C2)c(C)c1. The summed E-state index contributed by atoms with van der Waals surface area (Å²) in [5, 5.41) is 5.56. The molecule has 30 heavy (non-hydrogen) atoms. The summed E-state index contributed by atoms with van der Waals surface area (Å²) >= 11 is 0. The van der Waals surface area contributed by atoms with E-state index in [1.807, 2.05) is 63.2 Å². The van der Waals surface area contributed by atoms with E-state index >= 15 is 0 Å². The number of likely N-dealkylation sites (tertiary alicyclic amines) is 1. The van der Waals surface area contributed by atoms with Crippen LogP contribution in [-0.4, -0.2) is 42.3 Å². The van der Waals surface area contributed by atoms with Gasteiger partial charge in [0, 0.05) is 25.2 Å². The first kappa shape index (κ1) is 21.6. The van der Waals surface area contributed by atoms with Crippen molar-refractivity contribution in [3.05, 3.63) is 64.7 Å². The van der Waals surface area contributed by atoms with Crippen molar-refractivity contribution >= 4 is 23.4 Å². The third-order valence-electron chi connectivity index (χ3n) is 5.46. The van der Waals surface area contributed by atoms with Gasteiger partial charge in [-0.15, -0.1) is 0 Å². The van der Waals surface area contributed by atoms with Crippen LogP contribution in [0.4, 0.5) is 5.69 Å². The molecule has 1 aliphatic heterocycles. The minimum atomic E-state index is -0.413. The van der Waals surface area contributed by atoms with Gasteiger partial charge in [0.05, 0.1) is 12.5 Å². The topological polar surface area (TPSA) is 78.5 Å². The fourth-order valence-corrected chi connectivity index (χ4v) is 3.95. The number of carbonyl (C=O) groups excluding carboxylic acids is 3. The van der Waals surface area contributed by atoms with Crippen LogP contribution in [0.15, 0.2) is 42.5 Å². The van der Waals surface area contributed by atoms with E-state index in [1.165, 1.54) is 0 Å². The second-order valence-corrected chi connectivity index (χ2v) is 8.02. The summed E-state index contributed by atoms with van der Waals surface area (Å²) in [4.78, 5) is 38.8. The van der Waals surface area contributed by atoms with Crippen molar-refractivity contribution in [2.75, 3.05) is 25.0 Å². The van der Waals surface area contributed by atoms with Crippen LogP contribution >= 0.6 is 0 Å². The molecular formula is C24H29N3O3. The van der Waals surface area contributed by atoms with Gasteiger partial charge in [0.1, 0.15) is 0 Å². The van der Waals surface area contributed by atoms with Crippen LogP contribution < -0.4 is 10.6 Å². The Morgan fingerprint density at radius 3 is 2.40 bits per heavy atom. The van der Waals surface area contributed by atoms with Gasteiger partial charge < -0.3 is 15.5 Å². The Morgan fingerprint density at radius 1 is 1.07 bits per heavy atom. The Kier molecular flexibility index (Phi) is 6.87. The molecule has 3 amide bonds. The van der Waals surface area contributed by atoms with Crippen LogP contribution in [0.3, 0.4) is 0 Å². The molecule has 0 aliphatic carbocycles. The number of nitrogens with zero attached hydrogens (tertiary/aromatic N) is 1. The molecule has 1 atom stereocenters. The fraction of sp³-hybridized carbons (Fsp3) is 0.375. The Hall–Kier alpha value is -3.15. The summed E-state index contributed by atoms with van der Waals surface area (Å²) in [5.41, 5.74) is 5.06. The molecule has 0 aromatic heterocycles. The van der Waals surface area contributed by atoms with Gasteiger partial charge in [-0.1, -0.05) is 48.0 Å². The monoisotopic (exact) mass is 407 g/mol. The van der Waals surface area contributed by atoms with Crippen LogP contribution in [0.25, 0.3) is 0 Å². The minimum absolute atomic E-state index is 0.0126. The van der Waals surface area contributed by atoms with Crippen molar-refractivity contribution in [3.63, 3.8) is 0 Å². The Morgan fingerprint density at radius 2 is 1.73 bits per heavy atom. The molecular weight excluding hydrogens is 378 g/mol. The quantitative estimate of drug-likeness (QED) is 0.741. The highest BCUT2D eigenvalue weighted by Crippen LogP contribution is 2.22. The average Bonchev–Trinajstić information content (AvgIpc) is 3.09. The highest BCUT2D eigenvalue weighted by atomic mass is 16.2. The van der Waals surface area contributed by atoms with Crippen LogP contribution in [0.1, 0.15) is 28.7 Å². The van der Waals surface area contributed by atoms with Gasteiger partial charge in [0.15, 0.2) is 0 Å². The van der Waals surface area contributed by atoms with Crippen molar-refractivity contribution < 1.29 is 14.4 Å². The lowest BCUT2D eigenvalue weighted by atomic mass is 10.1. The summed E-state index contributed by atoms with van der Waals surface area (Å²) in [6, 6.07) is 14.0. The van der Waals surface area contributed by atoms with Gasteiger partial charge in [-0.2, -0.15) is 0 Å². The molecule has 2 N–H and O–H groups in total. The predicted molar refractivity (Wildman–Crippen MR) is 117 cm³/mol. The lowest BCUT2D eigenvalue weighted by Crippen LogP contribution is -2.38. The standard InChI is InChI=1S/C24H29N3O3/c1-16-11-17(2)23(18(3)12-16)26-21(28)14-25-24(30)20-13-22(29)27(15-20)10-9-19-7-5-4-6-8-19/h4-8,11-12,20H,9-10,13-15H2,1-3H3,(H,25,30)(H,26,28). The van der Waals surface area contributed by atoms with Crippen LogP contribution in [0.2, 0.25) is 0 Å². The number of benzene rings is 2. The number of aryl methyl sites for hydroxylation is 3. The average molecular weight is 408 g/mol. The molecule has 0 radical (unpaired) electrons.